The summed E-state index contributed by atoms with van der Waals surface area (Å²) in [5, 5.41) is 14.3. The highest BCUT2D eigenvalue weighted by molar-refractivity contribution is 5.97. The predicted octanol–water partition coefficient (Wildman–Crippen LogP) is 4.04. The van der Waals surface area contributed by atoms with Gasteiger partial charge < -0.3 is 10.2 Å². The van der Waals surface area contributed by atoms with Gasteiger partial charge in [-0.1, -0.05) is 54.6 Å². The van der Waals surface area contributed by atoms with Crippen LogP contribution in [0.3, 0.4) is 0 Å². The lowest BCUT2D eigenvalue weighted by molar-refractivity contribution is -0.384. The molecule has 0 aromatic heterocycles. The fourth-order valence-electron chi connectivity index (χ4n) is 4.21. The molecule has 1 atom stereocenters. The number of carbonyl (C=O) groups excluding carboxylic acids is 2. The number of nitro benzene ring substituents is 1. The Hall–Kier alpha value is -4.04. The first kappa shape index (κ1) is 23.1. The van der Waals surface area contributed by atoms with Crippen LogP contribution in [0.15, 0.2) is 78.9 Å². The van der Waals surface area contributed by atoms with Gasteiger partial charge in [0, 0.05) is 37.8 Å². The van der Waals surface area contributed by atoms with Crippen LogP contribution in [0.25, 0.3) is 0 Å². The summed E-state index contributed by atoms with van der Waals surface area (Å²) in [5.74, 6) is -0.378. The molecule has 2 amide bonds. The van der Waals surface area contributed by atoms with E-state index in [1.165, 1.54) is 6.07 Å². The summed E-state index contributed by atoms with van der Waals surface area (Å²) in [6.07, 6.45) is 0. The van der Waals surface area contributed by atoms with Crippen molar-refractivity contribution in [2.75, 3.05) is 31.5 Å². The molecule has 0 saturated carbocycles. The number of hydrogen-bond acceptors (Lipinski definition) is 5. The van der Waals surface area contributed by atoms with Gasteiger partial charge >= 0.3 is 0 Å². The highest BCUT2D eigenvalue weighted by Crippen LogP contribution is 2.29. The Labute approximate surface area is 198 Å². The van der Waals surface area contributed by atoms with Gasteiger partial charge in [-0.3, -0.25) is 24.6 Å². The third-order valence-corrected chi connectivity index (χ3v) is 5.96. The summed E-state index contributed by atoms with van der Waals surface area (Å²) in [4.78, 5) is 41.1. The standard InChI is InChI=1S/C26H26N4O4/c1-19-12-13-22(23(18-19)30(33)34)27-25(31)24(20-8-4-2-5-9-20)28-14-16-29(17-15-28)26(32)21-10-6-3-7-11-21/h2-13,18,24H,14-17H2,1H3,(H,27,31). The van der Waals surface area contributed by atoms with Crippen LogP contribution in [0.1, 0.15) is 27.5 Å². The van der Waals surface area contributed by atoms with Gasteiger partial charge in [0.25, 0.3) is 11.6 Å². The number of nitrogens with zero attached hydrogens (tertiary/aromatic N) is 3. The average molecular weight is 459 g/mol. The molecule has 8 heteroatoms. The smallest absolute Gasteiger partial charge is 0.293 e. The van der Waals surface area contributed by atoms with Crippen LogP contribution in [0.5, 0.6) is 0 Å². The Morgan fingerprint density at radius 1 is 0.912 bits per heavy atom. The van der Waals surface area contributed by atoms with Crippen LogP contribution in [0.2, 0.25) is 0 Å². The number of nitro groups is 1. The number of benzene rings is 3. The lowest BCUT2D eigenvalue weighted by Gasteiger charge is -2.38. The van der Waals surface area contributed by atoms with E-state index in [9.17, 15) is 19.7 Å². The molecule has 174 valence electrons. The first-order valence-corrected chi connectivity index (χ1v) is 11.1. The Morgan fingerprint density at radius 3 is 2.15 bits per heavy atom. The van der Waals surface area contributed by atoms with Crippen LogP contribution < -0.4 is 5.32 Å². The monoisotopic (exact) mass is 458 g/mol. The molecule has 1 saturated heterocycles. The van der Waals surface area contributed by atoms with Gasteiger partial charge in [-0.05, 0) is 36.2 Å². The van der Waals surface area contributed by atoms with Crippen molar-refractivity contribution in [1.29, 1.82) is 0 Å². The lowest BCUT2D eigenvalue weighted by Crippen LogP contribution is -2.51. The van der Waals surface area contributed by atoms with E-state index in [0.717, 1.165) is 11.1 Å². The maximum atomic E-state index is 13.5. The normalized spacial score (nSPS) is 14.9. The molecule has 8 nitrogen and oxygen atoms in total. The second-order valence-electron chi connectivity index (χ2n) is 8.27. The number of anilines is 1. The molecule has 0 radical (unpaired) electrons. The second-order valence-corrected chi connectivity index (χ2v) is 8.27. The van der Waals surface area contributed by atoms with Crippen LogP contribution in [-0.2, 0) is 4.79 Å². The zero-order valence-electron chi connectivity index (χ0n) is 18.9. The van der Waals surface area contributed by atoms with Crippen LogP contribution in [0.4, 0.5) is 11.4 Å². The van der Waals surface area contributed by atoms with E-state index in [1.54, 1.807) is 36.1 Å². The molecule has 1 heterocycles. The molecule has 0 aliphatic carbocycles. The molecular weight excluding hydrogens is 432 g/mol. The molecule has 3 aromatic rings. The number of amides is 2. The largest absolute Gasteiger partial charge is 0.336 e. The highest BCUT2D eigenvalue weighted by Gasteiger charge is 2.32. The number of piperazine rings is 1. The van der Waals surface area contributed by atoms with Crippen molar-refractivity contribution >= 4 is 23.2 Å². The molecule has 1 fully saturated rings. The quantitative estimate of drug-likeness (QED) is 0.444. The highest BCUT2D eigenvalue weighted by atomic mass is 16.6. The Balaban J connectivity index is 1.53. The van der Waals surface area contributed by atoms with Gasteiger partial charge in [-0.2, -0.15) is 0 Å². The number of carbonyl (C=O) groups is 2. The second kappa shape index (κ2) is 10.3. The van der Waals surface area contributed by atoms with Gasteiger partial charge in [0.15, 0.2) is 0 Å². The summed E-state index contributed by atoms with van der Waals surface area (Å²) in [6.45, 7) is 3.73. The molecule has 1 aliphatic rings. The zero-order chi connectivity index (χ0) is 24.1. The van der Waals surface area contributed by atoms with E-state index in [2.05, 4.69) is 5.32 Å². The Bertz CT molecular complexity index is 1180. The maximum Gasteiger partial charge on any atom is 0.293 e. The third kappa shape index (κ3) is 5.13. The fraction of sp³-hybridized carbons (Fsp3) is 0.231. The van der Waals surface area contributed by atoms with E-state index in [0.29, 0.717) is 31.7 Å². The molecule has 1 N–H and O–H groups in total. The summed E-state index contributed by atoms with van der Waals surface area (Å²) in [6, 6.07) is 22.6. The summed E-state index contributed by atoms with van der Waals surface area (Å²) in [5.41, 5.74) is 2.19. The third-order valence-electron chi connectivity index (χ3n) is 5.96. The van der Waals surface area contributed by atoms with E-state index in [1.807, 2.05) is 53.4 Å². The number of nitrogens with one attached hydrogen (secondary N) is 1. The molecule has 34 heavy (non-hydrogen) atoms. The summed E-state index contributed by atoms with van der Waals surface area (Å²) >= 11 is 0. The SMILES string of the molecule is Cc1ccc(NC(=O)C(c2ccccc2)N2CCN(C(=O)c3ccccc3)CC2)c([N+](=O)[O-])c1. The van der Waals surface area contributed by atoms with E-state index < -0.39 is 11.0 Å². The fourth-order valence-corrected chi connectivity index (χ4v) is 4.21. The lowest BCUT2D eigenvalue weighted by atomic mass is 10.0. The number of aryl methyl sites for hydroxylation is 1. The van der Waals surface area contributed by atoms with Crippen molar-refractivity contribution in [2.45, 2.75) is 13.0 Å². The molecular formula is C26H26N4O4. The molecule has 1 unspecified atom stereocenters. The first-order valence-electron chi connectivity index (χ1n) is 11.1. The molecule has 0 spiro atoms. The van der Waals surface area contributed by atoms with Gasteiger partial charge in [0.05, 0.1) is 4.92 Å². The average Bonchev–Trinajstić information content (AvgIpc) is 2.86. The van der Waals surface area contributed by atoms with Crippen LogP contribution >= 0.6 is 0 Å². The molecule has 4 rings (SSSR count). The Kier molecular flexibility index (Phi) is 6.98. The zero-order valence-corrected chi connectivity index (χ0v) is 18.9. The Morgan fingerprint density at radius 2 is 1.53 bits per heavy atom. The number of rotatable bonds is 6. The van der Waals surface area contributed by atoms with Crippen molar-refractivity contribution in [3.63, 3.8) is 0 Å². The molecule has 1 aliphatic heterocycles. The van der Waals surface area contributed by atoms with E-state index in [-0.39, 0.29) is 23.2 Å². The maximum absolute atomic E-state index is 13.5. The van der Waals surface area contributed by atoms with Gasteiger partial charge in [-0.15, -0.1) is 0 Å². The minimum Gasteiger partial charge on any atom is -0.336 e. The van der Waals surface area contributed by atoms with Crippen molar-refractivity contribution in [1.82, 2.24) is 9.80 Å². The molecule has 0 bridgehead atoms. The summed E-state index contributed by atoms with van der Waals surface area (Å²) in [7, 11) is 0. The minimum atomic E-state index is -0.643. The van der Waals surface area contributed by atoms with Crippen LogP contribution in [0, 0.1) is 17.0 Å². The van der Waals surface area contributed by atoms with Crippen molar-refractivity contribution in [3.05, 3.63) is 106 Å². The topological polar surface area (TPSA) is 95.8 Å². The molecule has 3 aromatic carbocycles. The van der Waals surface area contributed by atoms with Crippen molar-refractivity contribution < 1.29 is 14.5 Å². The predicted molar refractivity (Wildman–Crippen MR) is 130 cm³/mol. The van der Waals surface area contributed by atoms with E-state index in [4.69, 9.17) is 0 Å². The van der Waals surface area contributed by atoms with Crippen LogP contribution in [-0.4, -0.2) is 52.7 Å². The van der Waals surface area contributed by atoms with Gasteiger partial charge in [-0.25, -0.2) is 0 Å². The minimum absolute atomic E-state index is 0.0313. The van der Waals surface area contributed by atoms with Crippen molar-refractivity contribution in [2.24, 2.45) is 0 Å². The van der Waals surface area contributed by atoms with Crippen molar-refractivity contribution in [3.8, 4) is 0 Å². The first-order chi connectivity index (χ1) is 16.4. The van der Waals surface area contributed by atoms with Gasteiger partial charge in [0.2, 0.25) is 5.91 Å². The number of hydrogen-bond donors (Lipinski definition) is 1. The summed E-state index contributed by atoms with van der Waals surface area (Å²) < 4.78 is 0. The van der Waals surface area contributed by atoms with E-state index >= 15 is 0 Å². The van der Waals surface area contributed by atoms with Gasteiger partial charge in [0.1, 0.15) is 11.7 Å².